The second-order valence-electron chi connectivity index (χ2n) is 4.78. The summed E-state index contributed by atoms with van der Waals surface area (Å²) in [6.45, 7) is 0.830. The molecule has 2 rings (SSSR count). The van der Waals surface area contributed by atoms with Gasteiger partial charge in [-0.05, 0) is 43.7 Å². The molecule has 1 aromatic rings. The van der Waals surface area contributed by atoms with Gasteiger partial charge in [0.25, 0.3) is 0 Å². The first-order chi connectivity index (χ1) is 8.66. The number of aliphatic hydroxyl groups is 1. The molecule has 0 aliphatic carbocycles. The largest absolute Gasteiger partial charge is 0.393 e. The Kier molecular flexibility index (Phi) is 4.98. The van der Waals surface area contributed by atoms with E-state index < -0.39 is 11.9 Å². The van der Waals surface area contributed by atoms with E-state index in [4.69, 9.17) is 16.3 Å². The van der Waals surface area contributed by atoms with Crippen molar-refractivity contribution < 1.29 is 14.2 Å². The Morgan fingerprint density at radius 2 is 2.33 bits per heavy atom. The van der Waals surface area contributed by atoms with E-state index in [1.165, 1.54) is 6.07 Å². The number of benzene rings is 1. The fraction of sp³-hybridized carbons (Fsp3) is 0.571. The molecule has 1 aliphatic heterocycles. The first-order valence-electron chi connectivity index (χ1n) is 6.39. The van der Waals surface area contributed by atoms with Gasteiger partial charge in [-0.25, -0.2) is 4.39 Å². The number of hydrogen-bond acceptors (Lipinski definition) is 2. The monoisotopic (exact) mass is 272 g/mol. The predicted octanol–water partition coefficient (Wildman–Crippen LogP) is 3.34. The van der Waals surface area contributed by atoms with Crippen LogP contribution < -0.4 is 0 Å². The van der Waals surface area contributed by atoms with Crippen LogP contribution in [0.3, 0.4) is 0 Å². The molecule has 1 aliphatic rings. The molecule has 100 valence electrons. The Labute approximate surface area is 112 Å². The highest BCUT2D eigenvalue weighted by atomic mass is 35.5. The van der Waals surface area contributed by atoms with E-state index in [2.05, 4.69) is 0 Å². The van der Waals surface area contributed by atoms with Crippen molar-refractivity contribution >= 4 is 11.6 Å². The van der Waals surface area contributed by atoms with Crippen LogP contribution in [0.15, 0.2) is 18.2 Å². The average Bonchev–Trinajstić information content (AvgIpc) is 2.86. The maximum absolute atomic E-state index is 13.2. The third-order valence-corrected chi connectivity index (χ3v) is 3.76. The summed E-state index contributed by atoms with van der Waals surface area (Å²) in [5.74, 6) is -0.430. The molecule has 1 saturated heterocycles. The summed E-state index contributed by atoms with van der Waals surface area (Å²) >= 11 is 5.85. The lowest BCUT2D eigenvalue weighted by Gasteiger charge is -2.14. The molecule has 2 atom stereocenters. The number of hydrogen-bond donors (Lipinski definition) is 1. The van der Waals surface area contributed by atoms with Gasteiger partial charge in [-0.3, -0.25) is 0 Å². The van der Waals surface area contributed by atoms with Crippen LogP contribution >= 0.6 is 11.6 Å². The fourth-order valence-electron chi connectivity index (χ4n) is 2.31. The Balaban J connectivity index is 1.82. The lowest BCUT2D eigenvalue weighted by Crippen LogP contribution is -2.15. The van der Waals surface area contributed by atoms with Crippen LogP contribution in [0.4, 0.5) is 4.39 Å². The quantitative estimate of drug-likeness (QED) is 0.891. The van der Waals surface area contributed by atoms with Gasteiger partial charge in [0.15, 0.2) is 0 Å². The molecule has 0 radical (unpaired) electrons. The zero-order valence-corrected chi connectivity index (χ0v) is 11.0. The molecule has 0 bridgehead atoms. The van der Waals surface area contributed by atoms with Gasteiger partial charge in [-0.2, -0.15) is 0 Å². The first kappa shape index (κ1) is 13.8. The molecule has 18 heavy (non-hydrogen) atoms. The molecule has 0 saturated carbocycles. The average molecular weight is 273 g/mol. The van der Waals surface area contributed by atoms with Gasteiger partial charge < -0.3 is 9.84 Å². The van der Waals surface area contributed by atoms with Crippen molar-refractivity contribution in [1.82, 2.24) is 0 Å². The smallest absolute Gasteiger partial charge is 0.142 e. The van der Waals surface area contributed by atoms with Crippen molar-refractivity contribution in [2.75, 3.05) is 6.61 Å². The van der Waals surface area contributed by atoms with Crippen molar-refractivity contribution in [3.05, 3.63) is 34.6 Å². The molecule has 0 spiro atoms. The zero-order valence-electron chi connectivity index (χ0n) is 10.2. The standard InChI is InChI=1S/C14H18ClFO2/c15-14-10(3-1-5-13(14)16)9-11(17)6-7-12-4-2-8-18-12/h1,3,5,11-12,17H,2,4,6-9H2. The zero-order chi connectivity index (χ0) is 13.0. The molecule has 0 aromatic heterocycles. The number of halogens is 2. The van der Waals surface area contributed by atoms with E-state index in [1.807, 2.05) is 0 Å². The molecule has 4 heteroatoms. The van der Waals surface area contributed by atoms with Crippen molar-refractivity contribution in [3.8, 4) is 0 Å². The summed E-state index contributed by atoms with van der Waals surface area (Å²) in [4.78, 5) is 0. The van der Waals surface area contributed by atoms with Crippen molar-refractivity contribution in [2.24, 2.45) is 0 Å². The Hall–Kier alpha value is -0.640. The SMILES string of the molecule is OC(CCC1CCCO1)Cc1cccc(F)c1Cl. The third-order valence-electron chi connectivity index (χ3n) is 3.33. The van der Waals surface area contributed by atoms with Gasteiger partial charge >= 0.3 is 0 Å². The molecule has 1 heterocycles. The van der Waals surface area contributed by atoms with Gasteiger partial charge in [-0.1, -0.05) is 23.7 Å². The molecule has 1 aromatic carbocycles. The Morgan fingerprint density at radius 3 is 3.06 bits per heavy atom. The summed E-state index contributed by atoms with van der Waals surface area (Å²) in [5, 5.41) is 10.1. The highest BCUT2D eigenvalue weighted by Crippen LogP contribution is 2.23. The molecule has 0 amide bonds. The summed E-state index contributed by atoms with van der Waals surface area (Å²) in [5.41, 5.74) is 0.663. The van der Waals surface area contributed by atoms with Gasteiger partial charge in [-0.15, -0.1) is 0 Å². The van der Waals surface area contributed by atoms with Crippen molar-refractivity contribution in [2.45, 2.75) is 44.3 Å². The van der Waals surface area contributed by atoms with Crippen LogP contribution in [0.2, 0.25) is 5.02 Å². The topological polar surface area (TPSA) is 29.5 Å². The van der Waals surface area contributed by atoms with Crippen LogP contribution in [0.25, 0.3) is 0 Å². The fourth-order valence-corrected chi connectivity index (χ4v) is 2.52. The predicted molar refractivity (Wildman–Crippen MR) is 69.3 cm³/mol. The van der Waals surface area contributed by atoms with Gasteiger partial charge in [0, 0.05) is 6.61 Å². The minimum atomic E-state index is -0.492. The van der Waals surface area contributed by atoms with Crippen molar-refractivity contribution in [3.63, 3.8) is 0 Å². The number of rotatable bonds is 5. The number of aliphatic hydroxyl groups excluding tert-OH is 1. The lowest BCUT2D eigenvalue weighted by atomic mass is 10.0. The normalized spacial score (nSPS) is 21.2. The van der Waals surface area contributed by atoms with Crippen molar-refractivity contribution in [1.29, 1.82) is 0 Å². The van der Waals surface area contributed by atoms with E-state index in [1.54, 1.807) is 12.1 Å². The summed E-state index contributed by atoms with van der Waals surface area (Å²) in [6, 6.07) is 4.69. The van der Waals surface area contributed by atoms with Crippen LogP contribution in [-0.2, 0) is 11.2 Å². The molecule has 1 N–H and O–H groups in total. The molecule has 2 unspecified atom stereocenters. The second-order valence-corrected chi connectivity index (χ2v) is 5.16. The maximum atomic E-state index is 13.2. The minimum Gasteiger partial charge on any atom is -0.393 e. The molecular weight excluding hydrogens is 255 g/mol. The van der Waals surface area contributed by atoms with E-state index >= 15 is 0 Å². The third kappa shape index (κ3) is 3.67. The Morgan fingerprint density at radius 1 is 1.50 bits per heavy atom. The maximum Gasteiger partial charge on any atom is 0.142 e. The van der Waals surface area contributed by atoms with Crippen LogP contribution in [0, 0.1) is 5.82 Å². The molecule has 1 fully saturated rings. The van der Waals surface area contributed by atoms with Crippen LogP contribution in [0.1, 0.15) is 31.2 Å². The molecule has 2 nitrogen and oxygen atoms in total. The van der Waals surface area contributed by atoms with E-state index in [9.17, 15) is 9.50 Å². The summed E-state index contributed by atoms with van der Waals surface area (Å²) in [7, 11) is 0. The summed E-state index contributed by atoms with van der Waals surface area (Å²) in [6.07, 6.45) is 3.88. The first-order valence-corrected chi connectivity index (χ1v) is 6.77. The molecular formula is C14H18ClFO2. The van der Waals surface area contributed by atoms with Gasteiger partial charge in [0.2, 0.25) is 0 Å². The highest BCUT2D eigenvalue weighted by molar-refractivity contribution is 6.31. The van der Waals surface area contributed by atoms with Gasteiger partial charge in [0.1, 0.15) is 5.82 Å². The van der Waals surface area contributed by atoms with Gasteiger partial charge in [0.05, 0.1) is 17.2 Å². The number of ether oxygens (including phenoxy) is 1. The van der Waals surface area contributed by atoms with Crippen LogP contribution in [-0.4, -0.2) is 23.9 Å². The lowest BCUT2D eigenvalue weighted by molar-refractivity contribution is 0.0813. The second kappa shape index (κ2) is 6.50. The Bertz CT molecular complexity index is 391. The highest BCUT2D eigenvalue weighted by Gasteiger charge is 2.18. The van der Waals surface area contributed by atoms with Crippen LogP contribution in [0.5, 0.6) is 0 Å². The summed E-state index contributed by atoms with van der Waals surface area (Å²) < 4.78 is 18.7. The van der Waals surface area contributed by atoms with E-state index in [0.29, 0.717) is 18.4 Å². The van der Waals surface area contributed by atoms with E-state index in [0.717, 1.165) is 25.9 Å². The minimum absolute atomic E-state index is 0.119. The van der Waals surface area contributed by atoms with E-state index in [-0.39, 0.29) is 11.1 Å².